The van der Waals surface area contributed by atoms with Gasteiger partial charge in [-0.15, -0.1) is 0 Å². The summed E-state index contributed by atoms with van der Waals surface area (Å²) in [5.41, 5.74) is 5.40. The fourth-order valence-electron chi connectivity index (χ4n) is 2.17. The van der Waals surface area contributed by atoms with Crippen LogP contribution in [0.25, 0.3) is 0 Å². The van der Waals surface area contributed by atoms with Crippen LogP contribution in [0.5, 0.6) is 0 Å². The first-order chi connectivity index (χ1) is 8.29. The van der Waals surface area contributed by atoms with Gasteiger partial charge in [-0.3, -0.25) is 4.79 Å². The fourth-order valence-corrected chi connectivity index (χ4v) is 2.17. The van der Waals surface area contributed by atoms with Crippen molar-refractivity contribution in [3.05, 3.63) is 22.2 Å². The molecule has 5 nitrogen and oxygen atoms in total. The molecule has 0 bridgehead atoms. The van der Waals surface area contributed by atoms with Gasteiger partial charge in [-0.25, -0.2) is 4.98 Å². The minimum atomic E-state index is -0.0624. The van der Waals surface area contributed by atoms with Crippen molar-refractivity contribution in [1.29, 1.82) is 0 Å². The van der Waals surface area contributed by atoms with E-state index in [-0.39, 0.29) is 5.56 Å². The molecule has 0 atom stereocenters. The smallest absolute Gasteiger partial charge is 0.252 e. The minimum absolute atomic E-state index is 0.0624. The van der Waals surface area contributed by atoms with E-state index in [2.05, 4.69) is 14.9 Å². The summed E-state index contributed by atoms with van der Waals surface area (Å²) in [7, 11) is 0. The number of nitrogens with one attached hydrogen (secondary N) is 1. The molecular weight excluding hydrogens is 216 g/mol. The van der Waals surface area contributed by atoms with Crippen LogP contribution >= 0.6 is 0 Å². The molecule has 2 rings (SSSR count). The highest BCUT2D eigenvalue weighted by atomic mass is 16.1. The molecule has 1 fully saturated rings. The summed E-state index contributed by atoms with van der Waals surface area (Å²) >= 11 is 0. The maximum Gasteiger partial charge on any atom is 0.252 e. The second-order valence-electron chi connectivity index (χ2n) is 4.49. The number of anilines is 1. The van der Waals surface area contributed by atoms with Gasteiger partial charge in [0.05, 0.1) is 0 Å². The number of H-pyrrole nitrogens is 1. The van der Waals surface area contributed by atoms with Crippen molar-refractivity contribution in [2.75, 3.05) is 24.5 Å². The molecule has 0 amide bonds. The van der Waals surface area contributed by atoms with E-state index in [1.807, 2.05) is 0 Å². The number of piperidine rings is 1. The van der Waals surface area contributed by atoms with E-state index < -0.39 is 0 Å². The Hall–Kier alpha value is -1.36. The van der Waals surface area contributed by atoms with Crippen LogP contribution in [0.1, 0.15) is 31.5 Å². The number of hydrogen-bond donors (Lipinski definition) is 2. The van der Waals surface area contributed by atoms with Gasteiger partial charge in [0.2, 0.25) is 0 Å². The molecule has 1 aromatic heterocycles. The van der Waals surface area contributed by atoms with Gasteiger partial charge in [-0.1, -0.05) is 0 Å². The number of nitrogens with zero attached hydrogens (tertiary/aromatic N) is 2. The Kier molecular flexibility index (Phi) is 4.14. The van der Waals surface area contributed by atoms with Crippen LogP contribution in [0.3, 0.4) is 0 Å². The summed E-state index contributed by atoms with van der Waals surface area (Å²) in [6, 6.07) is 1.59. The Morgan fingerprint density at radius 1 is 1.35 bits per heavy atom. The average Bonchev–Trinajstić information content (AvgIpc) is 2.37. The minimum Gasteiger partial charge on any atom is -0.356 e. The zero-order valence-corrected chi connectivity index (χ0v) is 10.1. The lowest BCUT2D eigenvalue weighted by atomic mass is 10.1. The van der Waals surface area contributed by atoms with Gasteiger partial charge in [0, 0.05) is 25.6 Å². The highest BCUT2D eigenvalue weighted by molar-refractivity contribution is 5.37. The van der Waals surface area contributed by atoms with Crippen molar-refractivity contribution in [3.8, 4) is 0 Å². The SMILES string of the molecule is NCCCc1nc(N2CCCCC2)cc(=O)[nH]1. The first kappa shape index (κ1) is 12.1. The van der Waals surface area contributed by atoms with Crippen LogP contribution in [0, 0.1) is 0 Å². The lowest BCUT2D eigenvalue weighted by molar-refractivity contribution is 0.571. The van der Waals surface area contributed by atoms with Gasteiger partial charge in [0.1, 0.15) is 11.6 Å². The number of hydrogen-bond acceptors (Lipinski definition) is 4. The highest BCUT2D eigenvalue weighted by Crippen LogP contribution is 2.15. The van der Waals surface area contributed by atoms with Crippen molar-refractivity contribution in [2.24, 2.45) is 5.73 Å². The molecule has 0 unspecified atom stereocenters. The Balaban J connectivity index is 2.15. The predicted molar refractivity (Wildman–Crippen MR) is 68.3 cm³/mol. The topological polar surface area (TPSA) is 75.0 Å². The van der Waals surface area contributed by atoms with Crippen LogP contribution in [-0.2, 0) is 6.42 Å². The molecule has 1 aliphatic heterocycles. The molecule has 1 aromatic rings. The summed E-state index contributed by atoms with van der Waals surface area (Å²) < 4.78 is 0. The largest absolute Gasteiger partial charge is 0.356 e. The molecular formula is C12H20N4O. The van der Waals surface area contributed by atoms with Gasteiger partial charge in [0.25, 0.3) is 5.56 Å². The summed E-state index contributed by atoms with van der Waals surface area (Å²) in [4.78, 5) is 21.0. The van der Waals surface area contributed by atoms with Crippen LogP contribution < -0.4 is 16.2 Å². The second-order valence-corrected chi connectivity index (χ2v) is 4.49. The van der Waals surface area contributed by atoms with Crippen molar-refractivity contribution in [2.45, 2.75) is 32.1 Å². The van der Waals surface area contributed by atoms with Crippen LogP contribution in [-0.4, -0.2) is 29.6 Å². The molecule has 0 aromatic carbocycles. The first-order valence-corrected chi connectivity index (χ1v) is 6.35. The molecule has 0 spiro atoms. The van der Waals surface area contributed by atoms with E-state index in [0.29, 0.717) is 6.54 Å². The third-order valence-electron chi connectivity index (χ3n) is 3.07. The molecule has 1 aliphatic rings. The molecule has 17 heavy (non-hydrogen) atoms. The van der Waals surface area contributed by atoms with Crippen molar-refractivity contribution >= 4 is 5.82 Å². The monoisotopic (exact) mass is 236 g/mol. The average molecular weight is 236 g/mol. The normalized spacial score (nSPS) is 16.2. The van der Waals surface area contributed by atoms with Gasteiger partial charge < -0.3 is 15.6 Å². The number of aryl methyl sites for hydroxylation is 1. The van der Waals surface area contributed by atoms with Crippen LogP contribution in [0.15, 0.2) is 10.9 Å². The fraction of sp³-hybridized carbons (Fsp3) is 0.667. The predicted octanol–water partition coefficient (Wildman–Crippen LogP) is 0.651. The van der Waals surface area contributed by atoms with Crippen molar-refractivity contribution < 1.29 is 0 Å². The molecule has 0 aliphatic carbocycles. The van der Waals surface area contributed by atoms with E-state index >= 15 is 0 Å². The third kappa shape index (κ3) is 3.30. The van der Waals surface area contributed by atoms with Crippen LogP contribution in [0.2, 0.25) is 0 Å². The quantitative estimate of drug-likeness (QED) is 0.805. The first-order valence-electron chi connectivity index (χ1n) is 6.35. The second kappa shape index (κ2) is 5.82. The van der Waals surface area contributed by atoms with Crippen LogP contribution in [0.4, 0.5) is 5.82 Å². The number of aromatic amines is 1. The zero-order chi connectivity index (χ0) is 12.1. The lowest BCUT2D eigenvalue weighted by Gasteiger charge is -2.27. The number of nitrogens with two attached hydrogens (primary N) is 1. The lowest BCUT2D eigenvalue weighted by Crippen LogP contribution is -2.31. The van der Waals surface area contributed by atoms with Gasteiger partial charge in [-0.2, -0.15) is 0 Å². The Morgan fingerprint density at radius 2 is 2.12 bits per heavy atom. The van der Waals surface area contributed by atoms with E-state index in [1.165, 1.54) is 19.3 Å². The summed E-state index contributed by atoms with van der Waals surface area (Å²) in [6.07, 6.45) is 5.25. The van der Waals surface area contributed by atoms with Crippen molar-refractivity contribution in [1.82, 2.24) is 9.97 Å². The molecule has 94 valence electrons. The van der Waals surface area contributed by atoms with E-state index in [1.54, 1.807) is 6.07 Å². The molecule has 2 heterocycles. The molecule has 0 saturated carbocycles. The van der Waals surface area contributed by atoms with E-state index in [0.717, 1.165) is 37.6 Å². The maximum atomic E-state index is 11.6. The van der Waals surface area contributed by atoms with Crippen molar-refractivity contribution in [3.63, 3.8) is 0 Å². The highest BCUT2D eigenvalue weighted by Gasteiger charge is 2.13. The van der Waals surface area contributed by atoms with Gasteiger partial charge in [-0.05, 0) is 32.2 Å². The summed E-state index contributed by atoms with van der Waals surface area (Å²) in [5, 5.41) is 0. The molecule has 0 radical (unpaired) electrons. The summed E-state index contributed by atoms with van der Waals surface area (Å²) in [5.74, 6) is 1.57. The zero-order valence-electron chi connectivity index (χ0n) is 10.1. The Bertz CT molecular complexity index is 409. The molecule has 5 heteroatoms. The van der Waals surface area contributed by atoms with E-state index in [4.69, 9.17) is 5.73 Å². The summed E-state index contributed by atoms with van der Waals surface area (Å²) in [6.45, 7) is 2.64. The van der Waals surface area contributed by atoms with Gasteiger partial charge in [0.15, 0.2) is 0 Å². The van der Waals surface area contributed by atoms with E-state index in [9.17, 15) is 4.79 Å². The Labute approximate surface area is 101 Å². The number of aromatic nitrogens is 2. The maximum absolute atomic E-state index is 11.6. The number of rotatable bonds is 4. The Morgan fingerprint density at radius 3 is 2.82 bits per heavy atom. The van der Waals surface area contributed by atoms with Gasteiger partial charge >= 0.3 is 0 Å². The standard InChI is InChI=1S/C12H20N4O/c13-6-4-5-10-14-11(9-12(17)15-10)16-7-2-1-3-8-16/h9H,1-8,13H2,(H,14,15,17). The molecule has 3 N–H and O–H groups in total. The third-order valence-corrected chi connectivity index (χ3v) is 3.07. The molecule has 1 saturated heterocycles.